The molecule has 0 aromatic heterocycles. The van der Waals surface area contributed by atoms with E-state index < -0.39 is 0 Å². The quantitative estimate of drug-likeness (QED) is 0.913. The SMILES string of the molecule is CC(=O)N(C)c1cccc(NC(=O)COc2ccccc2Cl)c1. The van der Waals surface area contributed by atoms with E-state index in [9.17, 15) is 9.59 Å². The normalized spacial score (nSPS) is 10.0. The zero-order valence-corrected chi connectivity index (χ0v) is 13.6. The van der Waals surface area contributed by atoms with Crippen molar-refractivity contribution in [1.82, 2.24) is 0 Å². The summed E-state index contributed by atoms with van der Waals surface area (Å²) in [4.78, 5) is 24.8. The van der Waals surface area contributed by atoms with Gasteiger partial charge >= 0.3 is 0 Å². The van der Waals surface area contributed by atoms with Crippen LogP contribution in [0.5, 0.6) is 5.75 Å². The largest absolute Gasteiger partial charge is 0.482 e. The summed E-state index contributed by atoms with van der Waals surface area (Å²) >= 11 is 5.96. The number of halogens is 1. The number of hydrogen-bond donors (Lipinski definition) is 1. The van der Waals surface area contributed by atoms with E-state index in [2.05, 4.69) is 5.32 Å². The second-order valence-electron chi connectivity index (χ2n) is 4.90. The van der Waals surface area contributed by atoms with Crippen LogP contribution in [0.4, 0.5) is 11.4 Å². The van der Waals surface area contributed by atoms with Gasteiger partial charge in [0.2, 0.25) is 5.91 Å². The number of rotatable bonds is 5. The van der Waals surface area contributed by atoms with E-state index >= 15 is 0 Å². The second-order valence-corrected chi connectivity index (χ2v) is 5.30. The van der Waals surface area contributed by atoms with Crippen LogP contribution in [0.25, 0.3) is 0 Å². The smallest absolute Gasteiger partial charge is 0.262 e. The van der Waals surface area contributed by atoms with Crippen molar-refractivity contribution in [2.45, 2.75) is 6.92 Å². The van der Waals surface area contributed by atoms with E-state index in [1.54, 1.807) is 55.6 Å². The first kappa shape index (κ1) is 16.8. The van der Waals surface area contributed by atoms with E-state index in [-0.39, 0.29) is 18.4 Å². The first-order chi connectivity index (χ1) is 11.0. The Morgan fingerprint density at radius 2 is 1.91 bits per heavy atom. The Morgan fingerprint density at radius 1 is 1.17 bits per heavy atom. The third-order valence-corrected chi connectivity index (χ3v) is 3.50. The minimum Gasteiger partial charge on any atom is -0.482 e. The van der Waals surface area contributed by atoms with Gasteiger partial charge in [-0.1, -0.05) is 29.8 Å². The molecule has 120 valence electrons. The standard InChI is InChI=1S/C17H17ClN2O3/c1-12(21)20(2)14-7-5-6-13(10-14)19-17(22)11-23-16-9-4-3-8-15(16)18/h3-10H,11H2,1-2H3,(H,19,22). The molecule has 2 amide bonds. The molecule has 2 aromatic rings. The molecule has 0 aliphatic rings. The molecule has 0 spiro atoms. The van der Waals surface area contributed by atoms with Gasteiger partial charge < -0.3 is 15.0 Å². The van der Waals surface area contributed by atoms with Crippen molar-refractivity contribution in [2.75, 3.05) is 23.9 Å². The summed E-state index contributed by atoms with van der Waals surface area (Å²) in [5.41, 5.74) is 1.28. The Balaban J connectivity index is 1.96. The third-order valence-electron chi connectivity index (χ3n) is 3.18. The topological polar surface area (TPSA) is 58.6 Å². The fraction of sp³-hybridized carbons (Fsp3) is 0.176. The van der Waals surface area contributed by atoms with Crippen LogP contribution in [0, 0.1) is 0 Å². The molecule has 0 aliphatic heterocycles. The summed E-state index contributed by atoms with van der Waals surface area (Å²) in [6, 6.07) is 14.0. The first-order valence-corrected chi connectivity index (χ1v) is 7.36. The van der Waals surface area contributed by atoms with Crippen molar-refractivity contribution in [3.63, 3.8) is 0 Å². The molecule has 0 radical (unpaired) electrons. The lowest BCUT2D eigenvalue weighted by atomic mass is 10.2. The van der Waals surface area contributed by atoms with Gasteiger partial charge in [-0.15, -0.1) is 0 Å². The number of anilines is 2. The highest BCUT2D eigenvalue weighted by atomic mass is 35.5. The summed E-state index contributed by atoms with van der Waals surface area (Å²) in [7, 11) is 1.67. The zero-order chi connectivity index (χ0) is 16.8. The van der Waals surface area contributed by atoms with Crippen LogP contribution in [0.3, 0.4) is 0 Å². The maximum atomic E-state index is 12.0. The summed E-state index contributed by atoms with van der Waals surface area (Å²) in [6.45, 7) is 1.32. The van der Waals surface area contributed by atoms with Gasteiger partial charge in [0.05, 0.1) is 5.02 Å². The molecule has 2 rings (SSSR count). The van der Waals surface area contributed by atoms with E-state index in [4.69, 9.17) is 16.3 Å². The Bertz CT molecular complexity index is 718. The number of para-hydroxylation sites is 1. The van der Waals surface area contributed by atoms with E-state index in [1.807, 2.05) is 0 Å². The molecule has 6 heteroatoms. The highest BCUT2D eigenvalue weighted by molar-refractivity contribution is 6.32. The summed E-state index contributed by atoms with van der Waals surface area (Å²) in [5.74, 6) is 0.0532. The van der Waals surface area contributed by atoms with E-state index in [0.29, 0.717) is 22.1 Å². The fourth-order valence-electron chi connectivity index (χ4n) is 1.88. The Labute approximate surface area is 139 Å². The van der Waals surface area contributed by atoms with Crippen molar-refractivity contribution >= 4 is 34.8 Å². The molecule has 0 bridgehead atoms. The van der Waals surface area contributed by atoms with Crippen molar-refractivity contribution in [2.24, 2.45) is 0 Å². The van der Waals surface area contributed by atoms with E-state index in [0.717, 1.165) is 0 Å². The van der Waals surface area contributed by atoms with Crippen LogP contribution < -0.4 is 15.0 Å². The number of amides is 2. The van der Waals surface area contributed by atoms with Crippen molar-refractivity contribution < 1.29 is 14.3 Å². The van der Waals surface area contributed by atoms with Crippen LogP contribution in [-0.4, -0.2) is 25.5 Å². The van der Waals surface area contributed by atoms with Crippen molar-refractivity contribution in [3.8, 4) is 5.75 Å². The van der Waals surface area contributed by atoms with Gasteiger partial charge in [-0.3, -0.25) is 9.59 Å². The third kappa shape index (κ3) is 4.72. The number of hydrogen-bond acceptors (Lipinski definition) is 3. The molecule has 0 unspecified atom stereocenters. The molecule has 5 nitrogen and oxygen atoms in total. The van der Waals surface area contributed by atoms with Gasteiger partial charge in [0.25, 0.3) is 5.91 Å². The maximum Gasteiger partial charge on any atom is 0.262 e. The van der Waals surface area contributed by atoms with Crippen LogP contribution in [0.15, 0.2) is 48.5 Å². The molecule has 0 saturated heterocycles. The van der Waals surface area contributed by atoms with Crippen LogP contribution in [0.1, 0.15) is 6.92 Å². The Hall–Kier alpha value is -2.53. The lowest BCUT2D eigenvalue weighted by Gasteiger charge is -2.16. The minimum absolute atomic E-state index is 0.0875. The zero-order valence-electron chi connectivity index (χ0n) is 12.9. The molecule has 2 aromatic carbocycles. The predicted octanol–water partition coefficient (Wildman–Crippen LogP) is 3.34. The fourth-order valence-corrected chi connectivity index (χ4v) is 2.07. The Kier molecular flexibility index (Phi) is 5.60. The van der Waals surface area contributed by atoms with E-state index in [1.165, 1.54) is 11.8 Å². The maximum absolute atomic E-state index is 12.0. The lowest BCUT2D eigenvalue weighted by molar-refractivity contribution is -0.118. The highest BCUT2D eigenvalue weighted by Crippen LogP contribution is 2.23. The Morgan fingerprint density at radius 3 is 2.61 bits per heavy atom. The number of carbonyl (C=O) groups is 2. The van der Waals surface area contributed by atoms with Crippen molar-refractivity contribution in [3.05, 3.63) is 53.6 Å². The molecule has 0 saturated carbocycles. The van der Waals surface area contributed by atoms with Crippen LogP contribution in [-0.2, 0) is 9.59 Å². The summed E-state index contributed by atoms with van der Waals surface area (Å²) in [6.07, 6.45) is 0. The van der Waals surface area contributed by atoms with Gasteiger partial charge in [-0.25, -0.2) is 0 Å². The first-order valence-electron chi connectivity index (χ1n) is 6.99. The second kappa shape index (κ2) is 7.65. The van der Waals surface area contributed by atoms with Crippen LogP contribution >= 0.6 is 11.6 Å². The number of nitrogens with zero attached hydrogens (tertiary/aromatic N) is 1. The van der Waals surface area contributed by atoms with Crippen LogP contribution in [0.2, 0.25) is 5.02 Å². The average Bonchev–Trinajstić information content (AvgIpc) is 2.53. The molecular formula is C17H17ClN2O3. The summed E-state index contributed by atoms with van der Waals surface area (Å²) < 4.78 is 5.38. The molecule has 23 heavy (non-hydrogen) atoms. The van der Waals surface area contributed by atoms with Crippen molar-refractivity contribution in [1.29, 1.82) is 0 Å². The predicted molar refractivity (Wildman–Crippen MR) is 91.1 cm³/mol. The lowest BCUT2D eigenvalue weighted by Crippen LogP contribution is -2.23. The number of ether oxygens (including phenoxy) is 1. The molecule has 0 aliphatic carbocycles. The van der Waals surface area contributed by atoms with Gasteiger partial charge in [-0.2, -0.15) is 0 Å². The summed E-state index contributed by atoms with van der Waals surface area (Å²) in [5, 5.41) is 3.17. The number of benzene rings is 2. The molecular weight excluding hydrogens is 316 g/mol. The highest BCUT2D eigenvalue weighted by Gasteiger charge is 2.09. The number of nitrogens with one attached hydrogen (secondary N) is 1. The molecule has 0 atom stereocenters. The number of carbonyl (C=O) groups excluding carboxylic acids is 2. The molecule has 1 N–H and O–H groups in total. The van der Waals surface area contributed by atoms with Gasteiger partial charge in [0.1, 0.15) is 5.75 Å². The minimum atomic E-state index is -0.312. The average molecular weight is 333 g/mol. The van der Waals surface area contributed by atoms with Gasteiger partial charge in [-0.05, 0) is 30.3 Å². The molecule has 0 fully saturated rings. The van der Waals surface area contributed by atoms with Gasteiger partial charge in [0.15, 0.2) is 6.61 Å². The molecule has 0 heterocycles. The monoisotopic (exact) mass is 332 g/mol. The van der Waals surface area contributed by atoms with Gasteiger partial charge in [0, 0.05) is 25.3 Å².